The van der Waals surface area contributed by atoms with Crippen LogP contribution in [0.1, 0.15) is 10.6 Å². The van der Waals surface area contributed by atoms with Crippen molar-refractivity contribution in [2.45, 2.75) is 0 Å². The first kappa shape index (κ1) is 12.7. The summed E-state index contributed by atoms with van der Waals surface area (Å²) >= 11 is 0. The molecule has 0 atom stereocenters. The summed E-state index contributed by atoms with van der Waals surface area (Å²) in [5.41, 5.74) is -0.244. The molecule has 0 saturated carbocycles. The maximum absolute atomic E-state index is 13.2. The lowest BCUT2D eigenvalue weighted by molar-refractivity contribution is 0.0940. The zero-order valence-corrected chi connectivity index (χ0v) is 9.44. The molecule has 2 aromatic rings. The highest BCUT2D eigenvalue weighted by molar-refractivity contribution is 6.06. The van der Waals surface area contributed by atoms with Crippen molar-refractivity contribution in [3.05, 3.63) is 54.0 Å². The Morgan fingerprint density at radius 2 is 1.95 bits per heavy atom. The number of urea groups is 1. The summed E-state index contributed by atoms with van der Waals surface area (Å²) in [6.07, 6.45) is 1.27. The van der Waals surface area contributed by atoms with Gasteiger partial charge in [-0.1, -0.05) is 0 Å². The Bertz CT molecular complexity index is 611. The van der Waals surface area contributed by atoms with Crippen LogP contribution < -0.4 is 10.6 Å². The van der Waals surface area contributed by atoms with Gasteiger partial charge < -0.3 is 9.73 Å². The number of rotatable bonds is 2. The molecule has 0 spiro atoms. The summed E-state index contributed by atoms with van der Waals surface area (Å²) in [6.45, 7) is 0. The number of anilines is 1. The molecule has 2 rings (SSSR count). The van der Waals surface area contributed by atoms with Crippen LogP contribution in [-0.2, 0) is 0 Å². The molecule has 1 heterocycles. The first-order valence-corrected chi connectivity index (χ1v) is 5.17. The number of hydrogen-bond donors (Lipinski definition) is 2. The number of carbonyl (C=O) groups is 2. The van der Waals surface area contributed by atoms with Crippen molar-refractivity contribution in [1.29, 1.82) is 0 Å². The highest BCUT2D eigenvalue weighted by Gasteiger charge is 2.14. The molecule has 0 aliphatic heterocycles. The van der Waals surface area contributed by atoms with Crippen molar-refractivity contribution in [2.24, 2.45) is 0 Å². The number of amides is 3. The highest BCUT2D eigenvalue weighted by atomic mass is 19.1. The van der Waals surface area contributed by atoms with E-state index in [-0.39, 0.29) is 11.4 Å². The van der Waals surface area contributed by atoms with Gasteiger partial charge >= 0.3 is 6.03 Å². The molecule has 3 amide bonds. The fourth-order valence-corrected chi connectivity index (χ4v) is 1.32. The second kappa shape index (κ2) is 5.30. The number of furan rings is 1. The van der Waals surface area contributed by atoms with Gasteiger partial charge in [-0.25, -0.2) is 13.6 Å². The van der Waals surface area contributed by atoms with Crippen LogP contribution in [0.25, 0.3) is 0 Å². The molecular formula is C12H8F2N2O3. The minimum Gasteiger partial charge on any atom is -0.459 e. The van der Waals surface area contributed by atoms with Gasteiger partial charge in [0.25, 0.3) is 5.91 Å². The first-order valence-electron chi connectivity index (χ1n) is 5.17. The van der Waals surface area contributed by atoms with E-state index >= 15 is 0 Å². The van der Waals surface area contributed by atoms with Gasteiger partial charge in [0, 0.05) is 6.07 Å². The van der Waals surface area contributed by atoms with Gasteiger partial charge in [-0.2, -0.15) is 0 Å². The second-order valence-corrected chi connectivity index (χ2v) is 3.51. The lowest BCUT2D eigenvalue weighted by atomic mass is 10.3. The van der Waals surface area contributed by atoms with Crippen molar-refractivity contribution < 1.29 is 22.8 Å². The average Bonchev–Trinajstić information content (AvgIpc) is 2.86. The van der Waals surface area contributed by atoms with Crippen molar-refractivity contribution >= 4 is 17.6 Å². The highest BCUT2D eigenvalue weighted by Crippen LogP contribution is 2.14. The van der Waals surface area contributed by atoms with Crippen LogP contribution in [0.15, 0.2) is 41.0 Å². The van der Waals surface area contributed by atoms with E-state index in [9.17, 15) is 18.4 Å². The zero-order valence-electron chi connectivity index (χ0n) is 9.44. The fourth-order valence-electron chi connectivity index (χ4n) is 1.32. The average molecular weight is 266 g/mol. The Morgan fingerprint density at radius 1 is 1.16 bits per heavy atom. The predicted octanol–water partition coefficient (Wildman–Crippen LogP) is 2.52. The summed E-state index contributed by atoms with van der Waals surface area (Å²) in [6, 6.07) is 4.53. The normalized spacial score (nSPS) is 10.0. The van der Waals surface area contributed by atoms with E-state index in [1.807, 2.05) is 5.32 Å². The Kier molecular flexibility index (Phi) is 3.56. The van der Waals surface area contributed by atoms with Gasteiger partial charge in [-0.15, -0.1) is 0 Å². The monoisotopic (exact) mass is 266 g/mol. The van der Waals surface area contributed by atoms with Gasteiger partial charge in [-0.3, -0.25) is 10.1 Å². The molecule has 1 aromatic heterocycles. The molecule has 0 bridgehead atoms. The van der Waals surface area contributed by atoms with Gasteiger partial charge in [-0.05, 0) is 24.3 Å². The predicted molar refractivity (Wildman–Crippen MR) is 61.6 cm³/mol. The Morgan fingerprint density at radius 3 is 2.58 bits per heavy atom. The molecule has 98 valence electrons. The van der Waals surface area contributed by atoms with Crippen molar-refractivity contribution in [3.8, 4) is 0 Å². The third-order valence-corrected chi connectivity index (χ3v) is 2.15. The molecule has 0 aliphatic carbocycles. The maximum Gasteiger partial charge on any atom is 0.326 e. The number of nitrogens with one attached hydrogen (secondary N) is 2. The summed E-state index contributed by atoms with van der Waals surface area (Å²) < 4.78 is 30.7. The van der Waals surface area contributed by atoms with Crippen LogP contribution in [0.4, 0.5) is 19.3 Å². The molecule has 0 unspecified atom stereocenters. The lowest BCUT2D eigenvalue weighted by Crippen LogP contribution is -2.34. The van der Waals surface area contributed by atoms with Gasteiger partial charge in [0.15, 0.2) is 5.76 Å². The van der Waals surface area contributed by atoms with Crippen LogP contribution in [0.5, 0.6) is 0 Å². The first-order chi connectivity index (χ1) is 9.06. The van der Waals surface area contributed by atoms with E-state index in [1.165, 1.54) is 18.4 Å². The molecule has 0 aliphatic rings. The third kappa shape index (κ3) is 3.15. The third-order valence-electron chi connectivity index (χ3n) is 2.15. The quantitative estimate of drug-likeness (QED) is 0.877. The largest absolute Gasteiger partial charge is 0.459 e. The van der Waals surface area contributed by atoms with E-state index in [2.05, 4.69) is 5.32 Å². The van der Waals surface area contributed by atoms with E-state index in [1.54, 1.807) is 0 Å². The van der Waals surface area contributed by atoms with Gasteiger partial charge in [0.05, 0.1) is 12.0 Å². The zero-order chi connectivity index (χ0) is 13.8. The summed E-state index contributed by atoms with van der Waals surface area (Å²) in [7, 11) is 0. The second-order valence-electron chi connectivity index (χ2n) is 3.51. The standard InChI is InChI=1S/C12H8F2N2O3/c13-7-3-4-9(8(14)6-7)15-12(18)16-11(17)10-2-1-5-19-10/h1-6H,(H2,15,16,17,18). The molecular weight excluding hydrogens is 258 g/mol. The molecule has 0 saturated heterocycles. The van der Waals surface area contributed by atoms with Crippen LogP contribution in [0, 0.1) is 11.6 Å². The maximum atomic E-state index is 13.2. The number of benzene rings is 1. The fraction of sp³-hybridized carbons (Fsp3) is 0. The van der Waals surface area contributed by atoms with Crippen molar-refractivity contribution in [2.75, 3.05) is 5.32 Å². The Labute approximate surface area is 106 Å². The van der Waals surface area contributed by atoms with E-state index in [0.29, 0.717) is 6.07 Å². The molecule has 0 fully saturated rings. The molecule has 2 N–H and O–H groups in total. The van der Waals surface area contributed by atoms with Crippen LogP contribution in [0.2, 0.25) is 0 Å². The minimum absolute atomic E-state index is 0.0604. The Balaban J connectivity index is 2.00. The number of carbonyl (C=O) groups excluding carboxylic acids is 2. The molecule has 7 heteroatoms. The SMILES string of the molecule is O=C(NC(=O)c1ccco1)Nc1ccc(F)cc1F. The van der Waals surface area contributed by atoms with Gasteiger partial charge in [0.1, 0.15) is 11.6 Å². The van der Waals surface area contributed by atoms with E-state index in [4.69, 9.17) is 4.42 Å². The lowest BCUT2D eigenvalue weighted by Gasteiger charge is -2.06. The van der Waals surface area contributed by atoms with Crippen LogP contribution in [-0.4, -0.2) is 11.9 Å². The van der Waals surface area contributed by atoms with Crippen molar-refractivity contribution in [3.63, 3.8) is 0 Å². The Hall–Kier alpha value is -2.70. The molecule has 19 heavy (non-hydrogen) atoms. The molecule has 5 nitrogen and oxygen atoms in total. The van der Waals surface area contributed by atoms with E-state index in [0.717, 1.165) is 12.1 Å². The van der Waals surface area contributed by atoms with E-state index < -0.39 is 23.6 Å². The number of halogens is 2. The number of hydrogen-bond acceptors (Lipinski definition) is 3. The summed E-state index contributed by atoms with van der Waals surface area (Å²) in [4.78, 5) is 22.8. The smallest absolute Gasteiger partial charge is 0.326 e. The van der Waals surface area contributed by atoms with Gasteiger partial charge in [0.2, 0.25) is 0 Å². The molecule has 0 radical (unpaired) electrons. The minimum atomic E-state index is -0.952. The van der Waals surface area contributed by atoms with Crippen LogP contribution >= 0.6 is 0 Å². The summed E-state index contributed by atoms with van der Waals surface area (Å²) in [5.74, 6) is -2.55. The topological polar surface area (TPSA) is 71.3 Å². The molecule has 1 aromatic carbocycles. The number of imide groups is 1. The van der Waals surface area contributed by atoms with Crippen molar-refractivity contribution in [1.82, 2.24) is 5.32 Å². The summed E-state index contributed by atoms with van der Waals surface area (Å²) in [5, 5.41) is 4.01. The van der Waals surface area contributed by atoms with Crippen LogP contribution in [0.3, 0.4) is 0 Å².